The first-order valence-corrected chi connectivity index (χ1v) is 4.85. The first-order valence-electron chi connectivity index (χ1n) is 4.47. The van der Waals surface area contributed by atoms with Gasteiger partial charge >= 0.3 is 11.6 Å². The number of hydrogen-bond acceptors (Lipinski definition) is 3. The molecule has 0 saturated heterocycles. The Morgan fingerprint density at radius 2 is 2.12 bits per heavy atom. The molecule has 0 saturated carbocycles. The largest absolute Gasteiger partial charge is 0.477 e. The molecular formula is C11H7ClO4. The average molecular weight is 239 g/mol. The summed E-state index contributed by atoms with van der Waals surface area (Å²) in [4.78, 5) is 22.3. The van der Waals surface area contributed by atoms with Crippen LogP contribution in [0.4, 0.5) is 0 Å². The van der Waals surface area contributed by atoms with Crippen molar-refractivity contribution in [1.29, 1.82) is 0 Å². The van der Waals surface area contributed by atoms with Gasteiger partial charge in [-0.05, 0) is 24.6 Å². The molecule has 16 heavy (non-hydrogen) atoms. The van der Waals surface area contributed by atoms with Crippen molar-refractivity contribution in [3.05, 3.63) is 44.8 Å². The van der Waals surface area contributed by atoms with Crippen molar-refractivity contribution in [3.63, 3.8) is 0 Å². The lowest BCUT2D eigenvalue weighted by Gasteiger charge is -2.03. The van der Waals surface area contributed by atoms with Crippen LogP contribution in [0.5, 0.6) is 0 Å². The lowest BCUT2D eigenvalue weighted by atomic mass is 10.1. The summed E-state index contributed by atoms with van der Waals surface area (Å²) in [6.45, 7) is 1.57. The number of benzene rings is 1. The number of carboxylic acids is 1. The summed E-state index contributed by atoms with van der Waals surface area (Å²) in [6, 6.07) is 4.72. The third kappa shape index (κ3) is 1.57. The van der Waals surface area contributed by atoms with E-state index in [0.29, 0.717) is 21.6 Å². The Hall–Kier alpha value is -1.81. The Bertz CT molecular complexity index is 642. The summed E-state index contributed by atoms with van der Waals surface area (Å²) >= 11 is 5.75. The predicted octanol–water partition coefficient (Wildman–Crippen LogP) is 2.45. The van der Waals surface area contributed by atoms with E-state index < -0.39 is 11.6 Å². The Labute approximate surface area is 95.1 Å². The zero-order valence-electron chi connectivity index (χ0n) is 8.28. The number of halogens is 1. The maximum atomic E-state index is 11.4. The minimum atomic E-state index is -1.29. The van der Waals surface area contributed by atoms with Crippen molar-refractivity contribution < 1.29 is 14.3 Å². The lowest BCUT2D eigenvalue weighted by Crippen LogP contribution is -2.15. The standard InChI is InChI=1S/C11H7ClO4/c1-5-7-3-2-6(12)4-8(7)16-11(15)9(5)10(13)14/h2-4H,1H3,(H,13,14). The molecule has 1 aromatic heterocycles. The first kappa shape index (κ1) is 10.7. The van der Waals surface area contributed by atoms with Crippen LogP contribution in [0.3, 0.4) is 0 Å². The minimum Gasteiger partial charge on any atom is -0.477 e. The van der Waals surface area contributed by atoms with E-state index in [1.807, 2.05) is 0 Å². The molecule has 0 bridgehead atoms. The van der Waals surface area contributed by atoms with Crippen LogP contribution in [0.1, 0.15) is 15.9 Å². The van der Waals surface area contributed by atoms with Crippen molar-refractivity contribution in [2.75, 3.05) is 0 Å². The first-order chi connectivity index (χ1) is 7.50. The van der Waals surface area contributed by atoms with Crippen molar-refractivity contribution in [3.8, 4) is 0 Å². The summed E-state index contributed by atoms with van der Waals surface area (Å²) in [5, 5.41) is 9.87. The third-order valence-corrected chi connectivity index (χ3v) is 2.58. The fourth-order valence-electron chi connectivity index (χ4n) is 1.58. The smallest absolute Gasteiger partial charge is 0.351 e. The minimum absolute atomic E-state index is 0.292. The van der Waals surface area contributed by atoms with E-state index in [0.717, 1.165) is 0 Å². The molecule has 0 aliphatic rings. The molecule has 2 rings (SSSR count). The zero-order chi connectivity index (χ0) is 11.9. The third-order valence-electron chi connectivity index (χ3n) is 2.34. The molecule has 2 aromatic rings. The molecule has 1 aromatic carbocycles. The number of hydrogen-bond donors (Lipinski definition) is 1. The van der Waals surface area contributed by atoms with E-state index in [4.69, 9.17) is 21.1 Å². The van der Waals surface area contributed by atoms with Gasteiger partial charge in [-0.2, -0.15) is 0 Å². The average Bonchev–Trinajstić information content (AvgIpc) is 2.15. The van der Waals surface area contributed by atoms with Gasteiger partial charge in [0, 0.05) is 16.5 Å². The number of rotatable bonds is 1. The summed E-state index contributed by atoms with van der Waals surface area (Å²) in [5.74, 6) is -1.29. The Morgan fingerprint density at radius 1 is 1.44 bits per heavy atom. The Morgan fingerprint density at radius 3 is 2.75 bits per heavy atom. The molecule has 0 aliphatic heterocycles. The molecule has 0 radical (unpaired) electrons. The van der Waals surface area contributed by atoms with Crippen molar-refractivity contribution in [2.24, 2.45) is 0 Å². The Balaban J connectivity index is 2.94. The molecule has 5 heteroatoms. The summed E-state index contributed by atoms with van der Waals surface area (Å²) in [5.41, 5.74) is -0.523. The number of aryl methyl sites for hydroxylation is 1. The topological polar surface area (TPSA) is 67.5 Å². The van der Waals surface area contributed by atoms with Crippen LogP contribution in [-0.4, -0.2) is 11.1 Å². The molecule has 0 unspecified atom stereocenters. The molecule has 0 fully saturated rings. The Kier molecular flexibility index (Phi) is 2.44. The number of aromatic carboxylic acids is 1. The molecule has 1 N–H and O–H groups in total. The van der Waals surface area contributed by atoms with Gasteiger partial charge in [-0.15, -0.1) is 0 Å². The van der Waals surface area contributed by atoms with E-state index >= 15 is 0 Å². The van der Waals surface area contributed by atoms with Gasteiger partial charge in [0.25, 0.3) is 0 Å². The second kappa shape index (κ2) is 3.64. The number of carbonyl (C=O) groups is 1. The van der Waals surface area contributed by atoms with Gasteiger partial charge in [-0.25, -0.2) is 9.59 Å². The highest BCUT2D eigenvalue weighted by Gasteiger charge is 2.17. The fourth-order valence-corrected chi connectivity index (χ4v) is 1.74. The van der Waals surface area contributed by atoms with E-state index in [2.05, 4.69) is 0 Å². The molecule has 0 aliphatic carbocycles. The second-order valence-corrected chi connectivity index (χ2v) is 3.77. The van der Waals surface area contributed by atoms with Gasteiger partial charge in [0.2, 0.25) is 0 Å². The van der Waals surface area contributed by atoms with Crippen LogP contribution in [0.25, 0.3) is 11.0 Å². The fraction of sp³-hybridized carbons (Fsp3) is 0.0909. The van der Waals surface area contributed by atoms with Crippen molar-refractivity contribution in [1.82, 2.24) is 0 Å². The quantitative estimate of drug-likeness (QED) is 0.775. The molecule has 4 nitrogen and oxygen atoms in total. The summed E-state index contributed by atoms with van der Waals surface area (Å²) in [6.07, 6.45) is 0. The van der Waals surface area contributed by atoms with Crippen LogP contribution in [-0.2, 0) is 0 Å². The maximum absolute atomic E-state index is 11.4. The highest BCUT2D eigenvalue weighted by atomic mass is 35.5. The molecule has 1 heterocycles. The van der Waals surface area contributed by atoms with Crippen molar-refractivity contribution >= 4 is 28.5 Å². The highest BCUT2D eigenvalue weighted by Crippen LogP contribution is 2.22. The maximum Gasteiger partial charge on any atom is 0.351 e. The van der Waals surface area contributed by atoms with E-state index in [1.165, 1.54) is 6.07 Å². The van der Waals surface area contributed by atoms with Gasteiger partial charge < -0.3 is 9.52 Å². The zero-order valence-corrected chi connectivity index (χ0v) is 9.04. The molecule has 0 atom stereocenters. The summed E-state index contributed by atoms with van der Waals surface area (Å²) in [7, 11) is 0. The molecule has 82 valence electrons. The van der Waals surface area contributed by atoms with Gasteiger partial charge in [-0.3, -0.25) is 0 Å². The monoisotopic (exact) mass is 238 g/mol. The van der Waals surface area contributed by atoms with E-state index in [-0.39, 0.29) is 5.56 Å². The van der Waals surface area contributed by atoms with Crippen LogP contribution >= 0.6 is 11.6 Å². The normalized spacial score (nSPS) is 10.6. The van der Waals surface area contributed by atoms with E-state index in [9.17, 15) is 9.59 Å². The SMILES string of the molecule is Cc1c(C(=O)O)c(=O)oc2cc(Cl)ccc12. The summed E-state index contributed by atoms with van der Waals surface area (Å²) < 4.78 is 4.89. The van der Waals surface area contributed by atoms with Crippen LogP contribution in [0.15, 0.2) is 27.4 Å². The second-order valence-electron chi connectivity index (χ2n) is 3.34. The van der Waals surface area contributed by atoms with Crippen LogP contribution in [0, 0.1) is 6.92 Å². The number of fused-ring (bicyclic) bond motifs is 1. The lowest BCUT2D eigenvalue weighted by molar-refractivity contribution is 0.0692. The predicted molar refractivity (Wildman–Crippen MR) is 59.2 cm³/mol. The van der Waals surface area contributed by atoms with Crippen LogP contribution < -0.4 is 5.63 Å². The van der Waals surface area contributed by atoms with Crippen molar-refractivity contribution in [2.45, 2.75) is 6.92 Å². The van der Waals surface area contributed by atoms with Crippen LogP contribution in [0.2, 0.25) is 5.02 Å². The highest BCUT2D eigenvalue weighted by molar-refractivity contribution is 6.31. The molecule has 0 spiro atoms. The van der Waals surface area contributed by atoms with Gasteiger partial charge in [0.15, 0.2) is 0 Å². The van der Waals surface area contributed by atoms with E-state index in [1.54, 1.807) is 19.1 Å². The molecular weight excluding hydrogens is 232 g/mol. The number of carboxylic acid groups (broad SMARTS) is 1. The molecule has 0 amide bonds. The van der Waals surface area contributed by atoms with Gasteiger partial charge in [0.05, 0.1) is 0 Å². The van der Waals surface area contributed by atoms with Gasteiger partial charge in [-0.1, -0.05) is 11.6 Å². The van der Waals surface area contributed by atoms with Gasteiger partial charge in [0.1, 0.15) is 11.1 Å².